The minimum atomic E-state index is -0.767. The normalized spacial score (nSPS) is 26.8. The zero-order valence-electron chi connectivity index (χ0n) is 14.5. The van der Waals surface area contributed by atoms with Gasteiger partial charge in [-0.15, -0.1) is 0 Å². The summed E-state index contributed by atoms with van der Waals surface area (Å²) in [5, 5.41) is 12.9. The molecule has 1 fully saturated rings. The summed E-state index contributed by atoms with van der Waals surface area (Å²) < 4.78 is 0. The Morgan fingerprint density at radius 1 is 1.33 bits per heavy atom. The van der Waals surface area contributed by atoms with Gasteiger partial charge >= 0.3 is 5.97 Å². The smallest absolute Gasteiger partial charge is 0.323 e. The second-order valence-electron chi connectivity index (χ2n) is 7.01. The Hall–Kier alpha value is -0.610. The zero-order chi connectivity index (χ0) is 16.0. The molecule has 124 valence electrons. The molecule has 1 rings (SSSR count). The highest BCUT2D eigenvalue weighted by molar-refractivity contribution is 5.78. The van der Waals surface area contributed by atoms with E-state index < -0.39 is 11.5 Å². The molecular formula is C17H34N2O2. The molecular weight excluding hydrogens is 264 g/mol. The standard InChI is InChI=1S/C17H34N2O2/c1-6-17(16(20)21,18-13(2)3)11-8-12-19-14(4)9-7-10-15(19)5/h13-15,18H,6-12H2,1-5H3,(H,20,21)/t14-,15+,17?. The molecule has 3 atom stereocenters. The van der Waals surface area contributed by atoms with Gasteiger partial charge in [0.05, 0.1) is 0 Å². The van der Waals surface area contributed by atoms with Crippen LogP contribution in [0.3, 0.4) is 0 Å². The first-order valence-electron chi connectivity index (χ1n) is 8.59. The van der Waals surface area contributed by atoms with Crippen LogP contribution in [0, 0.1) is 0 Å². The maximum absolute atomic E-state index is 11.7. The first kappa shape index (κ1) is 18.4. The zero-order valence-corrected chi connectivity index (χ0v) is 14.5. The number of nitrogens with one attached hydrogen (secondary N) is 1. The molecule has 0 aliphatic carbocycles. The van der Waals surface area contributed by atoms with Crippen LogP contribution in [-0.2, 0) is 4.79 Å². The fourth-order valence-corrected chi connectivity index (χ4v) is 3.70. The molecule has 0 aromatic rings. The van der Waals surface area contributed by atoms with E-state index in [1.54, 1.807) is 0 Å². The quantitative estimate of drug-likeness (QED) is 0.722. The maximum Gasteiger partial charge on any atom is 0.323 e. The van der Waals surface area contributed by atoms with Gasteiger partial charge in [-0.2, -0.15) is 0 Å². The van der Waals surface area contributed by atoms with Crippen molar-refractivity contribution in [3.63, 3.8) is 0 Å². The predicted octanol–water partition coefficient (Wildman–Crippen LogP) is 3.26. The van der Waals surface area contributed by atoms with Crippen molar-refractivity contribution in [1.29, 1.82) is 0 Å². The van der Waals surface area contributed by atoms with Crippen molar-refractivity contribution in [1.82, 2.24) is 10.2 Å². The van der Waals surface area contributed by atoms with Crippen molar-refractivity contribution in [2.45, 2.75) is 96.8 Å². The number of hydrogen-bond acceptors (Lipinski definition) is 3. The highest BCUT2D eigenvalue weighted by Crippen LogP contribution is 2.25. The Labute approximate surface area is 130 Å². The van der Waals surface area contributed by atoms with Crippen molar-refractivity contribution in [3.05, 3.63) is 0 Å². The molecule has 21 heavy (non-hydrogen) atoms. The molecule has 1 aliphatic heterocycles. The van der Waals surface area contributed by atoms with Crippen LogP contribution >= 0.6 is 0 Å². The highest BCUT2D eigenvalue weighted by Gasteiger charge is 2.37. The number of carboxylic acids is 1. The average molecular weight is 298 g/mol. The van der Waals surface area contributed by atoms with Gasteiger partial charge in [-0.1, -0.05) is 13.3 Å². The number of rotatable bonds is 8. The Morgan fingerprint density at radius 3 is 2.33 bits per heavy atom. The average Bonchev–Trinajstić information content (AvgIpc) is 2.40. The van der Waals surface area contributed by atoms with Crippen molar-refractivity contribution in [2.75, 3.05) is 6.54 Å². The number of likely N-dealkylation sites (tertiary alicyclic amines) is 1. The SMILES string of the molecule is CCC(CCCN1[C@H](C)CCC[C@@H]1C)(NC(C)C)C(=O)O. The lowest BCUT2D eigenvalue weighted by atomic mass is 9.88. The molecule has 0 spiro atoms. The summed E-state index contributed by atoms with van der Waals surface area (Å²) in [5.41, 5.74) is -0.767. The third-order valence-corrected chi connectivity index (χ3v) is 4.97. The second kappa shape index (κ2) is 8.14. The molecule has 1 aliphatic rings. The summed E-state index contributed by atoms with van der Waals surface area (Å²) in [5.74, 6) is -0.710. The molecule has 0 radical (unpaired) electrons. The molecule has 2 N–H and O–H groups in total. The lowest BCUT2D eigenvalue weighted by molar-refractivity contribution is -0.146. The summed E-state index contributed by atoms with van der Waals surface area (Å²) in [6.07, 6.45) is 6.13. The molecule has 0 aromatic carbocycles. The highest BCUT2D eigenvalue weighted by atomic mass is 16.4. The van der Waals surface area contributed by atoms with E-state index in [0.29, 0.717) is 24.9 Å². The fourth-order valence-electron chi connectivity index (χ4n) is 3.70. The van der Waals surface area contributed by atoms with Gasteiger partial charge < -0.3 is 5.11 Å². The van der Waals surface area contributed by atoms with Crippen molar-refractivity contribution >= 4 is 5.97 Å². The lowest BCUT2D eigenvalue weighted by Crippen LogP contribution is -2.55. The van der Waals surface area contributed by atoms with Crippen LogP contribution < -0.4 is 5.32 Å². The molecule has 0 bridgehead atoms. The van der Waals surface area contributed by atoms with E-state index in [1.165, 1.54) is 19.3 Å². The molecule has 0 aromatic heterocycles. The van der Waals surface area contributed by atoms with Crippen LogP contribution in [-0.4, -0.2) is 46.2 Å². The van der Waals surface area contributed by atoms with Gasteiger partial charge in [0.2, 0.25) is 0 Å². The van der Waals surface area contributed by atoms with Crippen LogP contribution in [0.5, 0.6) is 0 Å². The van der Waals surface area contributed by atoms with Gasteiger partial charge in [0.1, 0.15) is 5.54 Å². The van der Waals surface area contributed by atoms with E-state index in [9.17, 15) is 9.90 Å². The summed E-state index contributed by atoms with van der Waals surface area (Å²) >= 11 is 0. The number of aliphatic carboxylic acids is 1. The van der Waals surface area contributed by atoms with Gasteiger partial charge in [0.15, 0.2) is 0 Å². The summed E-state index contributed by atoms with van der Waals surface area (Å²) in [6, 6.07) is 1.45. The largest absolute Gasteiger partial charge is 0.480 e. The molecule has 4 heteroatoms. The second-order valence-corrected chi connectivity index (χ2v) is 7.01. The van der Waals surface area contributed by atoms with E-state index in [2.05, 4.69) is 24.1 Å². The Morgan fingerprint density at radius 2 is 1.90 bits per heavy atom. The molecule has 1 saturated heterocycles. The summed E-state index contributed by atoms with van der Waals surface area (Å²) in [6.45, 7) is 11.6. The minimum absolute atomic E-state index is 0.189. The van der Waals surface area contributed by atoms with Gasteiger partial charge in [-0.3, -0.25) is 15.0 Å². The topological polar surface area (TPSA) is 52.6 Å². The van der Waals surface area contributed by atoms with Gasteiger partial charge in [0, 0.05) is 18.1 Å². The monoisotopic (exact) mass is 298 g/mol. The van der Waals surface area contributed by atoms with Crippen LogP contribution in [0.15, 0.2) is 0 Å². The van der Waals surface area contributed by atoms with Crippen LogP contribution in [0.1, 0.15) is 73.1 Å². The number of carbonyl (C=O) groups is 1. The van der Waals surface area contributed by atoms with E-state index in [0.717, 1.165) is 13.0 Å². The summed E-state index contributed by atoms with van der Waals surface area (Å²) in [7, 11) is 0. The van der Waals surface area contributed by atoms with E-state index in [4.69, 9.17) is 0 Å². The Kier molecular flexibility index (Phi) is 7.14. The molecule has 1 heterocycles. The van der Waals surface area contributed by atoms with Crippen LogP contribution in [0.25, 0.3) is 0 Å². The van der Waals surface area contributed by atoms with Crippen molar-refractivity contribution in [3.8, 4) is 0 Å². The summed E-state index contributed by atoms with van der Waals surface area (Å²) in [4.78, 5) is 14.3. The third kappa shape index (κ3) is 4.96. The van der Waals surface area contributed by atoms with Gasteiger partial charge in [-0.25, -0.2) is 0 Å². The minimum Gasteiger partial charge on any atom is -0.480 e. The number of nitrogens with zero attached hydrogens (tertiary/aromatic N) is 1. The predicted molar refractivity (Wildman–Crippen MR) is 87.6 cm³/mol. The molecule has 0 amide bonds. The van der Waals surface area contributed by atoms with Crippen molar-refractivity contribution < 1.29 is 9.90 Å². The van der Waals surface area contributed by atoms with E-state index >= 15 is 0 Å². The molecule has 0 saturated carbocycles. The Bertz CT molecular complexity index is 323. The van der Waals surface area contributed by atoms with Gasteiger partial charge in [0.25, 0.3) is 0 Å². The first-order chi connectivity index (χ1) is 9.82. The Balaban J connectivity index is 2.58. The van der Waals surface area contributed by atoms with Crippen LogP contribution in [0.4, 0.5) is 0 Å². The first-order valence-corrected chi connectivity index (χ1v) is 8.59. The third-order valence-electron chi connectivity index (χ3n) is 4.97. The molecule has 1 unspecified atom stereocenters. The molecule has 4 nitrogen and oxygen atoms in total. The van der Waals surface area contributed by atoms with Crippen LogP contribution in [0.2, 0.25) is 0 Å². The van der Waals surface area contributed by atoms with E-state index in [1.807, 2.05) is 20.8 Å². The van der Waals surface area contributed by atoms with Gasteiger partial charge in [-0.05, 0) is 66.3 Å². The number of piperidine rings is 1. The maximum atomic E-state index is 11.7. The number of carboxylic acid groups (broad SMARTS) is 1. The fraction of sp³-hybridized carbons (Fsp3) is 0.941. The van der Waals surface area contributed by atoms with E-state index in [-0.39, 0.29) is 6.04 Å². The number of hydrogen-bond donors (Lipinski definition) is 2. The van der Waals surface area contributed by atoms with Crippen molar-refractivity contribution in [2.24, 2.45) is 0 Å². The lowest BCUT2D eigenvalue weighted by Gasteiger charge is -2.40.